The fraction of sp³-hybridized carbons (Fsp3) is 0.554. The van der Waals surface area contributed by atoms with Gasteiger partial charge in [-0.05, 0) is 217 Å². The number of phenols is 1. The summed E-state index contributed by atoms with van der Waals surface area (Å²) in [7, 11) is 0. The third kappa shape index (κ3) is 37.8. The van der Waals surface area contributed by atoms with Gasteiger partial charge in [-0.2, -0.15) is 12.6 Å². The summed E-state index contributed by atoms with van der Waals surface area (Å²) in [6.45, 7) is 11.9. The van der Waals surface area contributed by atoms with Crippen LogP contribution in [0, 0.1) is 5.92 Å². The number of nitrogens with one attached hydrogen (secondary N) is 14. The van der Waals surface area contributed by atoms with Crippen LogP contribution in [0.25, 0.3) is 33.4 Å². The van der Waals surface area contributed by atoms with Crippen molar-refractivity contribution in [3.8, 4) is 28.2 Å². The monoisotopic (exact) mass is 1910 g/mol. The number of nitrogens with zero attached hydrogens (tertiary/aromatic N) is 2. The summed E-state index contributed by atoms with van der Waals surface area (Å²) >= 11 is 4.31. The molecule has 0 bridgehead atoms. The van der Waals surface area contributed by atoms with E-state index in [0.717, 1.165) is 53.7 Å². The highest BCUT2D eigenvalue weighted by Crippen LogP contribution is 2.42. The van der Waals surface area contributed by atoms with Crippen LogP contribution in [-0.2, 0) is 78.3 Å². The second-order valence-electron chi connectivity index (χ2n) is 32.7. The van der Waals surface area contributed by atoms with Crippen molar-refractivity contribution >= 4 is 124 Å². The lowest BCUT2D eigenvalue weighted by Crippen LogP contribution is -2.61. The molecule has 0 fully saturated rings. The number of aromatic hydroxyl groups is 1. The number of thiol groups is 1. The molecule has 135 heavy (non-hydrogen) atoms. The van der Waals surface area contributed by atoms with Crippen LogP contribution in [0.5, 0.6) is 5.75 Å². The Morgan fingerprint density at radius 2 is 0.874 bits per heavy atom. The van der Waals surface area contributed by atoms with Crippen molar-refractivity contribution in [2.24, 2.45) is 40.3 Å². The minimum absolute atomic E-state index is 0.000208. The van der Waals surface area contributed by atoms with Crippen molar-refractivity contribution < 1.29 is 96.4 Å². The lowest BCUT2D eigenvalue weighted by atomic mass is 9.90. The molecule has 3 aromatic rings. The summed E-state index contributed by atoms with van der Waals surface area (Å²) in [4.78, 5) is 222. The van der Waals surface area contributed by atoms with E-state index in [-0.39, 0.29) is 102 Å². The zero-order valence-electron chi connectivity index (χ0n) is 78.1. The van der Waals surface area contributed by atoms with E-state index in [4.69, 9.17) is 38.8 Å². The van der Waals surface area contributed by atoms with Crippen molar-refractivity contribution in [3.63, 3.8) is 0 Å². The first-order valence-corrected chi connectivity index (χ1v) is 46.9. The summed E-state index contributed by atoms with van der Waals surface area (Å²) in [6, 6.07) is 10.1. The number of hydrogen-bond acceptors (Lipinski definition) is 26. The molecule has 744 valence electrons. The van der Waals surface area contributed by atoms with Gasteiger partial charge in [-0.3, -0.25) is 71.9 Å². The number of carbonyl (C=O) groups is 16. The number of fused-ring (bicyclic) bond motifs is 2. The smallest absolute Gasteiger partial charge is 0.326 e. The third-order valence-corrected chi connectivity index (χ3v) is 23.1. The molecule has 43 heteroatoms. The Morgan fingerprint density at radius 3 is 1.34 bits per heavy atom. The Morgan fingerprint density at radius 1 is 0.444 bits per heavy atom. The molecule has 0 saturated heterocycles. The quantitative estimate of drug-likeness (QED) is 0.00842. The number of carboxylic acids is 1. The number of aliphatic hydroxyl groups is 1. The van der Waals surface area contributed by atoms with Gasteiger partial charge in [0.15, 0.2) is 0 Å². The molecule has 5 rings (SSSR count). The summed E-state index contributed by atoms with van der Waals surface area (Å²) in [5, 5.41) is 67.2. The highest BCUT2D eigenvalue weighted by atomic mass is 32.1. The van der Waals surface area contributed by atoms with E-state index in [1.54, 1.807) is 32.0 Å². The highest BCUT2D eigenvalue weighted by Gasteiger charge is 2.38. The van der Waals surface area contributed by atoms with E-state index < -0.39 is 212 Å². The molecule has 0 saturated carbocycles. The molecule has 0 unspecified atom stereocenters. The van der Waals surface area contributed by atoms with Gasteiger partial charge < -0.3 is 133 Å². The maximum atomic E-state index is 14.5. The molecule has 0 aromatic heterocycles. The van der Waals surface area contributed by atoms with Crippen LogP contribution in [0.3, 0.4) is 0 Å². The fourth-order valence-corrected chi connectivity index (χ4v) is 15.1. The second-order valence-corrected chi connectivity index (χ2v) is 33.1. The van der Waals surface area contributed by atoms with Crippen LogP contribution in [0.15, 0.2) is 89.3 Å². The van der Waals surface area contributed by atoms with Gasteiger partial charge in [-0.1, -0.05) is 50.6 Å². The number of anilines is 1. The van der Waals surface area contributed by atoms with E-state index in [1.807, 2.05) is 42.5 Å². The summed E-state index contributed by atoms with van der Waals surface area (Å²) in [5.41, 5.74) is 38.6. The van der Waals surface area contributed by atoms with Gasteiger partial charge in [0.2, 0.25) is 88.1 Å². The molecule has 11 atom stereocenters. The summed E-state index contributed by atoms with van der Waals surface area (Å²) in [5.74, 6) is -15.1. The number of phenolic OH excluding ortho intramolecular Hbond substituents is 1. The average molecular weight is 1910 g/mol. The molecule has 1 aliphatic carbocycles. The van der Waals surface area contributed by atoms with Crippen LogP contribution >= 0.6 is 12.6 Å². The van der Waals surface area contributed by atoms with Gasteiger partial charge in [0.1, 0.15) is 90.6 Å². The number of primary amides is 1. The van der Waals surface area contributed by atoms with Crippen molar-refractivity contribution in [1.29, 1.82) is 0 Å². The number of carbonyl (C=O) groups excluding carboxylic acids is 15. The number of hydrogen-bond donors (Lipinski definition) is 24. The standard InChI is InChI=1S/C92H140N22O20S/c1-7-55(6)81(91(131)111-72(54-135)90(130)109-69(39-40-75(98)117)88(128)107-67(29-17-22-44-96)87(127)110-70(92(132)133)46-56-31-35-59(116)36-32-56)112-89(129)68(30-18-23-45-97)108-86(126)66(28-16-21-43-95)103-77(119)50-99-76(118)49-101-83(123)64(26-14-19-41-93)106-85(125)65(27-15-20-42-94)104-78(120)52-102-84(124)71(53-115)105-79(121)51-100-82(122)61-25-13-12-24-60(61)80-62-37-33-57(113(8-2)9-3)47-73(62)134-74-48-58(34-38-63(74)80)114(10-4)11-5/h12-13,24-25,31-38,47-48,55,64-72,81,115H,7-11,14-23,26-30,39-46,49-54,93-97H2,1-6H3,(H18-,98,99,100,101,102,103,104,105,106,107,108,109,110,111,112,116,117,118,119,120,121,122,123,124,125,126,127,128,129,130,131,132,133,135)/p+1/t55-,64-,65-,66-,67-,68-,69-,70-,71-,72-,81-/m0/s1. The molecule has 1 aliphatic heterocycles. The average Bonchev–Trinajstić information content (AvgIpc) is 0.743. The first-order valence-electron chi connectivity index (χ1n) is 46.3. The maximum Gasteiger partial charge on any atom is 0.326 e. The van der Waals surface area contributed by atoms with Crippen LogP contribution in [0.1, 0.15) is 173 Å². The van der Waals surface area contributed by atoms with E-state index in [0.29, 0.717) is 73.8 Å². The zero-order valence-corrected chi connectivity index (χ0v) is 79.0. The van der Waals surface area contributed by atoms with Gasteiger partial charge in [0.25, 0.3) is 5.91 Å². The fourth-order valence-electron chi connectivity index (χ4n) is 14.8. The van der Waals surface area contributed by atoms with E-state index in [2.05, 4.69) is 124 Å². The third-order valence-electron chi connectivity index (χ3n) is 22.8. The van der Waals surface area contributed by atoms with Crippen LogP contribution in [0.2, 0.25) is 0 Å². The first-order chi connectivity index (χ1) is 64.7. The van der Waals surface area contributed by atoms with Gasteiger partial charge in [-0.15, -0.1) is 0 Å². The Bertz CT molecular complexity index is 4800. The lowest BCUT2D eigenvalue weighted by molar-refractivity contribution is -0.142. The van der Waals surface area contributed by atoms with Crippen molar-refractivity contribution in [2.45, 2.75) is 224 Å². The number of benzene rings is 4. The number of nitrogens with two attached hydrogens (primary N) is 6. The van der Waals surface area contributed by atoms with E-state index in [1.165, 1.54) is 24.3 Å². The Kier molecular flexibility index (Phi) is 50.9. The number of aliphatic carboxylic acids is 1. The van der Waals surface area contributed by atoms with Gasteiger partial charge in [-0.25, -0.2) is 9.37 Å². The molecule has 0 radical (unpaired) electrons. The number of rotatable bonds is 64. The lowest BCUT2D eigenvalue weighted by Gasteiger charge is -2.29. The SMILES string of the molecule is CC[C@H](C)[C@H](NC(=O)[C@H](CCCCN)NC(=O)[C@H](CCCCN)NC(=O)CNC(=O)CNC(=O)[C@H](CCCCN)NC(=O)[C@H](CCCCN)NC(=O)CNC(=O)[C@H](CO)NC(=O)CNC(=O)c1ccccc1-c1c2ccc(=[N+](CC)CC)cc-2oc2cc(N(CC)CC)ccc12)C(=O)N[C@@H](CS)C(=O)N[C@@H](CCC(N)=O)C(=O)N[C@@H](CCCCN)C(=O)N[C@@H](Cc1ccc(O)cc1)C(=O)O. The predicted molar refractivity (Wildman–Crippen MR) is 512 cm³/mol. The molecular formula is C92H141N22O20S+. The number of carboxylic acid groups (broad SMARTS) is 1. The predicted octanol–water partition coefficient (Wildman–Crippen LogP) is -2.30. The normalized spacial score (nSPS) is 13.6. The number of amides is 15. The van der Waals surface area contributed by atoms with Crippen LogP contribution in [-0.4, -0.2) is 268 Å². The number of aliphatic hydroxyl groups excluding tert-OH is 1. The van der Waals surface area contributed by atoms with E-state index >= 15 is 0 Å². The molecule has 2 aliphatic rings. The first kappa shape index (κ1) is 113. The minimum atomic E-state index is -1.61. The molecule has 3 aromatic carbocycles. The van der Waals surface area contributed by atoms with E-state index in [9.17, 15) is 92.0 Å². The molecular weight excluding hydrogens is 1770 g/mol. The van der Waals surface area contributed by atoms with Crippen molar-refractivity contribution in [3.05, 3.63) is 101 Å². The topological polar surface area (TPSA) is 678 Å². The van der Waals surface area contributed by atoms with Crippen LogP contribution < -0.4 is 124 Å². The summed E-state index contributed by atoms with van der Waals surface area (Å²) in [6.07, 6.45) is 2.61. The highest BCUT2D eigenvalue weighted by molar-refractivity contribution is 7.80. The molecule has 42 nitrogen and oxygen atoms in total. The van der Waals surface area contributed by atoms with Crippen molar-refractivity contribution in [1.82, 2.24) is 79.0 Å². The molecule has 0 spiro atoms. The Labute approximate surface area is 791 Å². The zero-order chi connectivity index (χ0) is 99.6. The van der Waals surface area contributed by atoms with Crippen LogP contribution in [0.4, 0.5) is 5.69 Å². The molecule has 1 heterocycles. The number of unbranched alkanes of at least 4 members (excludes halogenated alkanes) is 5. The van der Waals surface area contributed by atoms with Crippen molar-refractivity contribution in [2.75, 3.05) is 102 Å². The van der Waals surface area contributed by atoms with Gasteiger partial charge in [0.05, 0.1) is 38.9 Å². The van der Waals surface area contributed by atoms with Gasteiger partial charge in [0, 0.05) is 71.6 Å². The van der Waals surface area contributed by atoms with Gasteiger partial charge >= 0.3 is 5.97 Å². The Balaban J connectivity index is 1.20. The second kappa shape index (κ2) is 60.8. The summed E-state index contributed by atoms with van der Waals surface area (Å²) < 4.78 is 8.84. The Hall–Kier alpha value is -12.4. The largest absolute Gasteiger partial charge is 0.508 e. The maximum absolute atomic E-state index is 14.5. The molecule has 29 N–H and O–H groups in total. The molecule has 15 amide bonds. The minimum Gasteiger partial charge on any atom is -0.508 e.